The maximum absolute atomic E-state index is 13.2. The zero-order valence-electron chi connectivity index (χ0n) is 17.1. The van der Waals surface area contributed by atoms with Gasteiger partial charge in [0.05, 0.1) is 30.9 Å². The highest BCUT2D eigenvalue weighted by molar-refractivity contribution is 6.06. The summed E-state index contributed by atoms with van der Waals surface area (Å²) < 4.78 is 10.4. The van der Waals surface area contributed by atoms with Gasteiger partial charge in [0.1, 0.15) is 5.75 Å². The van der Waals surface area contributed by atoms with Gasteiger partial charge in [0.25, 0.3) is 0 Å². The molecule has 2 amide bonds. The van der Waals surface area contributed by atoms with Gasteiger partial charge < -0.3 is 19.3 Å². The van der Waals surface area contributed by atoms with Crippen molar-refractivity contribution in [1.82, 2.24) is 0 Å². The van der Waals surface area contributed by atoms with E-state index >= 15 is 0 Å². The molecule has 0 bridgehead atoms. The Morgan fingerprint density at radius 2 is 1.93 bits per heavy atom. The summed E-state index contributed by atoms with van der Waals surface area (Å²) in [5.41, 5.74) is 2.91. The van der Waals surface area contributed by atoms with Gasteiger partial charge in [0.2, 0.25) is 11.8 Å². The van der Waals surface area contributed by atoms with Crippen LogP contribution in [0.25, 0.3) is 0 Å². The highest BCUT2D eigenvalue weighted by atomic mass is 16.5. The largest absolute Gasteiger partial charge is 0.492 e. The summed E-state index contributed by atoms with van der Waals surface area (Å²) in [6.07, 6.45) is 0.842. The number of rotatable bonds is 5. The Hall–Kier alpha value is -3.35. The molecule has 2 aliphatic heterocycles. The number of carbonyl (C=O) groups is 3. The van der Waals surface area contributed by atoms with Crippen molar-refractivity contribution in [3.05, 3.63) is 53.6 Å². The second-order valence-corrected chi connectivity index (χ2v) is 7.38. The summed E-state index contributed by atoms with van der Waals surface area (Å²) in [6.45, 7) is 3.26. The second kappa shape index (κ2) is 8.18. The maximum atomic E-state index is 13.2. The summed E-state index contributed by atoms with van der Waals surface area (Å²) in [6, 6.07) is 12.6. The van der Waals surface area contributed by atoms with Gasteiger partial charge in [-0.3, -0.25) is 9.59 Å². The molecule has 1 fully saturated rings. The first kappa shape index (κ1) is 19.9. The first-order chi connectivity index (χ1) is 14.5. The average molecular weight is 408 g/mol. The molecular formula is C23H24N2O5. The number of para-hydroxylation sites is 2. The van der Waals surface area contributed by atoms with Crippen molar-refractivity contribution >= 4 is 29.2 Å². The molecule has 2 aromatic carbocycles. The van der Waals surface area contributed by atoms with E-state index in [0.29, 0.717) is 43.1 Å². The third kappa shape index (κ3) is 3.51. The fourth-order valence-corrected chi connectivity index (χ4v) is 4.16. The lowest BCUT2D eigenvalue weighted by Crippen LogP contribution is -2.36. The molecule has 4 rings (SSSR count). The first-order valence-corrected chi connectivity index (χ1v) is 10.1. The lowest BCUT2D eigenvalue weighted by molar-refractivity contribution is -0.124. The van der Waals surface area contributed by atoms with Gasteiger partial charge in [-0.15, -0.1) is 0 Å². The first-order valence-electron chi connectivity index (χ1n) is 10.1. The Morgan fingerprint density at radius 1 is 1.13 bits per heavy atom. The van der Waals surface area contributed by atoms with Crippen LogP contribution < -0.4 is 14.5 Å². The standard InChI is InChI=1S/C23H24N2O5/c1-3-30-20-7-5-4-6-19(20)25-14-17(13-21(25)26)22(27)24-11-10-15-12-16(23(28)29-2)8-9-18(15)24/h4-9,12,17H,3,10-11,13-14H2,1-2H3. The van der Waals surface area contributed by atoms with Crippen LogP contribution >= 0.6 is 0 Å². The van der Waals surface area contributed by atoms with Crippen molar-refractivity contribution < 1.29 is 23.9 Å². The summed E-state index contributed by atoms with van der Waals surface area (Å²) >= 11 is 0. The molecule has 2 aliphatic rings. The summed E-state index contributed by atoms with van der Waals surface area (Å²) in [5.74, 6) is -0.320. The molecule has 0 radical (unpaired) electrons. The zero-order valence-corrected chi connectivity index (χ0v) is 17.1. The van der Waals surface area contributed by atoms with Gasteiger partial charge in [-0.2, -0.15) is 0 Å². The Kier molecular flexibility index (Phi) is 5.44. The molecule has 0 spiro atoms. The van der Waals surface area contributed by atoms with E-state index in [4.69, 9.17) is 9.47 Å². The van der Waals surface area contributed by atoms with E-state index in [1.54, 1.807) is 28.0 Å². The van der Waals surface area contributed by atoms with E-state index in [2.05, 4.69) is 0 Å². The number of ether oxygens (including phenoxy) is 2. The molecule has 2 aromatic rings. The summed E-state index contributed by atoms with van der Waals surface area (Å²) in [7, 11) is 1.35. The van der Waals surface area contributed by atoms with Gasteiger partial charge >= 0.3 is 5.97 Å². The molecule has 30 heavy (non-hydrogen) atoms. The van der Waals surface area contributed by atoms with E-state index in [1.807, 2.05) is 31.2 Å². The van der Waals surface area contributed by atoms with Crippen LogP contribution in [0, 0.1) is 5.92 Å². The number of nitrogens with zero attached hydrogens (tertiary/aromatic N) is 2. The highest BCUT2D eigenvalue weighted by Gasteiger charge is 2.40. The Balaban J connectivity index is 1.53. The third-order valence-electron chi connectivity index (χ3n) is 5.59. The second-order valence-electron chi connectivity index (χ2n) is 7.38. The fraction of sp³-hybridized carbons (Fsp3) is 0.348. The quantitative estimate of drug-likeness (QED) is 0.711. The molecule has 0 aliphatic carbocycles. The molecular weight excluding hydrogens is 384 g/mol. The summed E-state index contributed by atoms with van der Waals surface area (Å²) in [4.78, 5) is 41.1. The Morgan fingerprint density at radius 3 is 2.70 bits per heavy atom. The van der Waals surface area contributed by atoms with Crippen LogP contribution in [0.1, 0.15) is 29.3 Å². The van der Waals surface area contributed by atoms with Crippen molar-refractivity contribution in [1.29, 1.82) is 0 Å². The predicted molar refractivity (Wildman–Crippen MR) is 112 cm³/mol. The Bertz CT molecular complexity index is 1000. The van der Waals surface area contributed by atoms with Gasteiger partial charge in [0, 0.05) is 25.2 Å². The highest BCUT2D eigenvalue weighted by Crippen LogP contribution is 2.36. The number of hydrogen-bond acceptors (Lipinski definition) is 5. The monoisotopic (exact) mass is 408 g/mol. The molecule has 1 unspecified atom stereocenters. The van der Waals surface area contributed by atoms with Gasteiger partial charge in [-0.25, -0.2) is 4.79 Å². The third-order valence-corrected chi connectivity index (χ3v) is 5.59. The van der Waals surface area contributed by atoms with E-state index in [1.165, 1.54) is 7.11 Å². The lowest BCUT2D eigenvalue weighted by Gasteiger charge is -2.23. The van der Waals surface area contributed by atoms with Crippen molar-refractivity contribution in [2.45, 2.75) is 19.8 Å². The van der Waals surface area contributed by atoms with E-state index in [9.17, 15) is 14.4 Å². The number of hydrogen-bond donors (Lipinski definition) is 0. The molecule has 1 atom stereocenters. The SMILES string of the molecule is CCOc1ccccc1N1CC(C(=O)N2CCc3cc(C(=O)OC)ccc32)CC1=O. The number of esters is 1. The Labute approximate surface area is 175 Å². The molecule has 7 nitrogen and oxygen atoms in total. The minimum absolute atomic E-state index is 0.0655. The van der Waals surface area contributed by atoms with Gasteiger partial charge in [0.15, 0.2) is 0 Å². The average Bonchev–Trinajstić information content (AvgIpc) is 3.36. The number of fused-ring (bicyclic) bond motifs is 1. The minimum atomic E-state index is -0.418. The number of carbonyl (C=O) groups excluding carboxylic acids is 3. The smallest absolute Gasteiger partial charge is 0.337 e. The lowest BCUT2D eigenvalue weighted by atomic mass is 10.1. The maximum Gasteiger partial charge on any atom is 0.337 e. The van der Waals surface area contributed by atoms with Gasteiger partial charge in [-0.1, -0.05) is 12.1 Å². The molecule has 156 valence electrons. The van der Waals surface area contributed by atoms with Crippen LogP contribution in [0.5, 0.6) is 5.75 Å². The van der Waals surface area contributed by atoms with Crippen LogP contribution in [-0.2, 0) is 20.7 Å². The molecule has 0 saturated carbocycles. The number of amides is 2. The van der Waals surface area contributed by atoms with Crippen LogP contribution in [0.2, 0.25) is 0 Å². The fourth-order valence-electron chi connectivity index (χ4n) is 4.16. The van der Waals surface area contributed by atoms with Crippen LogP contribution in [0.15, 0.2) is 42.5 Å². The van der Waals surface area contributed by atoms with Crippen molar-refractivity contribution in [2.75, 3.05) is 36.6 Å². The normalized spacial score (nSPS) is 17.8. The number of anilines is 2. The van der Waals surface area contributed by atoms with E-state index < -0.39 is 11.9 Å². The topological polar surface area (TPSA) is 76.2 Å². The molecule has 1 saturated heterocycles. The summed E-state index contributed by atoms with van der Waals surface area (Å²) in [5, 5.41) is 0. The molecule has 0 N–H and O–H groups in total. The van der Waals surface area contributed by atoms with Crippen LogP contribution in [-0.4, -0.2) is 44.6 Å². The van der Waals surface area contributed by atoms with E-state index in [-0.39, 0.29) is 18.2 Å². The predicted octanol–water partition coefficient (Wildman–Crippen LogP) is 2.81. The van der Waals surface area contributed by atoms with Crippen molar-refractivity contribution in [3.63, 3.8) is 0 Å². The molecule has 0 aromatic heterocycles. The zero-order chi connectivity index (χ0) is 21.3. The number of methoxy groups -OCH3 is 1. The van der Waals surface area contributed by atoms with E-state index in [0.717, 1.165) is 11.3 Å². The molecule has 2 heterocycles. The molecule has 7 heteroatoms. The van der Waals surface area contributed by atoms with Crippen molar-refractivity contribution in [3.8, 4) is 5.75 Å². The van der Waals surface area contributed by atoms with Crippen LogP contribution in [0.3, 0.4) is 0 Å². The van der Waals surface area contributed by atoms with Gasteiger partial charge in [-0.05, 0) is 49.2 Å². The van der Waals surface area contributed by atoms with Crippen LogP contribution in [0.4, 0.5) is 11.4 Å². The minimum Gasteiger partial charge on any atom is -0.492 e. The number of benzene rings is 2. The van der Waals surface area contributed by atoms with Crippen molar-refractivity contribution in [2.24, 2.45) is 5.92 Å².